The van der Waals surface area contributed by atoms with Gasteiger partial charge in [-0.15, -0.1) is 0 Å². The lowest BCUT2D eigenvalue weighted by molar-refractivity contribution is 0.105. The molecule has 1 heterocycles. The van der Waals surface area contributed by atoms with Gasteiger partial charge in [0.25, 0.3) is 0 Å². The fourth-order valence-electron chi connectivity index (χ4n) is 1.80. The van der Waals surface area contributed by atoms with Gasteiger partial charge in [0, 0.05) is 17.5 Å². The minimum Gasteiger partial charge on any atom is -0.497 e. The number of Topliss-reactive ketones (excluding diaryl/α,β-unsaturated/α-hetero) is 1. The first-order valence-corrected chi connectivity index (χ1v) is 7.25. The number of carbonyl (C=O) groups excluding carboxylic acids is 1. The van der Waals surface area contributed by atoms with Crippen molar-refractivity contribution in [2.45, 2.75) is 26.2 Å². The highest BCUT2D eigenvalue weighted by Crippen LogP contribution is 2.23. The van der Waals surface area contributed by atoms with Crippen LogP contribution in [0.25, 0.3) is 0 Å². The number of hydrogen-bond donors (Lipinski definition) is 1. The molecular weight excluding hydrogens is 308 g/mol. The minimum absolute atomic E-state index is 0.0488. The second-order valence-electron chi connectivity index (χ2n) is 6.07. The average Bonchev–Trinajstić information content (AvgIpc) is 3.05. The predicted molar refractivity (Wildman–Crippen MR) is 89.2 cm³/mol. The molecule has 0 amide bonds. The van der Waals surface area contributed by atoms with Gasteiger partial charge in [0.1, 0.15) is 17.6 Å². The minimum atomic E-state index is -0.604. The summed E-state index contributed by atoms with van der Waals surface area (Å²) in [7, 11) is 1.55. The van der Waals surface area contributed by atoms with E-state index < -0.39 is 5.78 Å². The fourth-order valence-corrected chi connectivity index (χ4v) is 1.80. The Labute approximate surface area is 139 Å². The standard InChI is InChI=1S/C17H18N4O3/c1-17(2,3)15-9-13(21-24-15)16(22)14(10-18)20-19-11-6-5-7-12(8-11)23-4/h5-9,19H,1-4H3/b20-14+. The number of hydrazone groups is 1. The molecule has 2 aromatic rings. The van der Waals surface area contributed by atoms with Crippen molar-refractivity contribution in [3.8, 4) is 11.8 Å². The molecule has 7 heteroatoms. The summed E-state index contributed by atoms with van der Waals surface area (Å²) >= 11 is 0. The zero-order valence-corrected chi connectivity index (χ0v) is 14.0. The van der Waals surface area contributed by atoms with E-state index in [0.717, 1.165) is 0 Å². The summed E-state index contributed by atoms with van der Waals surface area (Å²) in [6.07, 6.45) is 0. The number of aromatic nitrogens is 1. The third-order valence-electron chi connectivity index (χ3n) is 3.17. The summed E-state index contributed by atoms with van der Waals surface area (Å²) < 4.78 is 10.3. The lowest BCUT2D eigenvalue weighted by Gasteiger charge is -2.11. The molecule has 0 spiro atoms. The zero-order valence-electron chi connectivity index (χ0n) is 14.0. The highest BCUT2D eigenvalue weighted by Gasteiger charge is 2.24. The molecule has 0 aliphatic rings. The molecule has 24 heavy (non-hydrogen) atoms. The number of nitrogens with zero attached hydrogens (tertiary/aromatic N) is 3. The summed E-state index contributed by atoms with van der Waals surface area (Å²) in [6.45, 7) is 5.81. The molecule has 0 saturated carbocycles. The Morgan fingerprint density at radius 1 is 1.38 bits per heavy atom. The lowest BCUT2D eigenvalue weighted by atomic mass is 9.93. The summed E-state index contributed by atoms with van der Waals surface area (Å²) in [4.78, 5) is 12.3. The van der Waals surface area contributed by atoms with E-state index in [4.69, 9.17) is 9.26 Å². The van der Waals surface area contributed by atoms with E-state index >= 15 is 0 Å². The van der Waals surface area contributed by atoms with Crippen LogP contribution in [0, 0.1) is 11.3 Å². The van der Waals surface area contributed by atoms with Crippen LogP contribution in [0.2, 0.25) is 0 Å². The molecule has 124 valence electrons. The first kappa shape index (κ1) is 17.2. The van der Waals surface area contributed by atoms with Crippen molar-refractivity contribution in [3.05, 3.63) is 41.8 Å². The summed E-state index contributed by atoms with van der Waals surface area (Å²) in [5, 5.41) is 16.8. The van der Waals surface area contributed by atoms with Crippen molar-refractivity contribution >= 4 is 17.2 Å². The number of methoxy groups -OCH3 is 1. The van der Waals surface area contributed by atoms with Gasteiger partial charge in [0.2, 0.25) is 11.5 Å². The van der Waals surface area contributed by atoms with Gasteiger partial charge >= 0.3 is 0 Å². The molecule has 0 aliphatic heterocycles. The van der Waals surface area contributed by atoms with E-state index in [2.05, 4.69) is 15.7 Å². The Kier molecular flexibility index (Phi) is 4.99. The van der Waals surface area contributed by atoms with Crippen LogP contribution in [-0.2, 0) is 5.41 Å². The Morgan fingerprint density at radius 3 is 2.71 bits per heavy atom. The number of hydrogen-bond acceptors (Lipinski definition) is 7. The molecular formula is C17H18N4O3. The van der Waals surface area contributed by atoms with Gasteiger partial charge in [0.15, 0.2) is 5.69 Å². The maximum Gasteiger partial charge on any atom is 0.245 e. The number of carbonyl (C=O) groups is 1. The third-order valence-corrected chi connectivity index (χ3v) is 3.17. The van der Waals surface area contributed by atoms with Crippen molar-refractivity contribution in [1.29, 1.82) is 5.26 Å². The second-order valence-corrected chi connectivity index (χ2v) is 6.07. The van der Waals surface area contributed by atoms with Crippen LogP contribution in [0.5, 0.6) is 5.75 Å². The number of nitrogens with one attached hydrogen (secondary N) is 1. The van der Waals surface area contributed by atoms with E-state index in [-0.39, 0.29) is 16.8 Å². The van der Waals surface area contributed by atoms with Gasteiger partial charge < -0.3 is 9.26 Å². The molecule has 0 unspecified atom stereocenters. The van der Waals surface area contributed by atoms with E-state index in [1.165, 1.54) is 6.07 Å². The molecule has 1 aromatic carbocycles. The molecule has 0 saturated heterocycles. The number of ketones is 1. The van der Waals surface area contributed by atoms with Crippen molar-refractivity contribution in [1.82, 2.24) is 5.16 Å². The van der Waals surface area contributed by atoms with Crippen LogP contribution < -0.4 is 10.2 Å². The molecule has 0 atom stereocenters. The Morgan fingerprint density at radius 2 is 2.12 bits per heavy atom. The number of anilines is 1. The first-order chi connectivity index (χ1) is 11.3. The van der Waals surface area contributed by atoms with Crippen molar-refractivity contribution in [2.75, 3.05) is 12.5 Å². The Hall–Kier alpha value is -3.14. The normalized spacial score (nSPS) is 11.7. The highest BCUT2D eigenvalue weighted by molar-refractivity contribution is 6.51. The SMILES string of the molecule is COc1cccc(N/N=C(\C#N)C(=O)c2cc(C(C)(C)C)on2)c1. The van der Waals surface area contributed by atoms with Gasteiger partial charge in [-0.25, -0.2) is 0 Å². The topological polar surface area (TPSA) is 101 Å². The molecule has 0 fully saturated rings. The number of ether oxygens (including phenoxy) is 1. The Bertz CT molecular complexity index is 810. The zero-order chi connectivity index (χ0) is 17.7. The number of nitriles is 1. The largest absolute Gasteiger partial charge is 0.497 e. The van der Waals surface area contributed by atoms with Gasteiger partial charge in [-0.2, -0.15) is 10.4 Å². The van der Waals surface area contributed by atoms with Gasteiger partial charge in [-0.3, -0.25) is 10.2 Å². The van der Waals surface area contributed by atoms with Crippen LogP contribution in [-0.4, -0.2) is 23.8 Å². The molecule has 2 rings (SSSR count). The van der Waals surface area contributed by atoms with Crippen molar-refractivity contribution < 1.29 is 14.1 Å². The summed E-state index contributed by atoms with van der Waals surface area (Å²) in [5.74, 6) is 0.586. The van der Waals surface area contributed by atoms with Crippen LogP contribution in [0.15, 0.2) is 40.0 Å². The van der Waals surface area contributed by atoms with E-state index in [1.54, 1.807) is 37.4 Å². The van der Waals surface area contributed by atoms with Crippen LogP contribution in [0.1, 0.15) is 37.0 Å². The predicted octanol–water partition coefficient (Wildman–Crippen LogP) is 3.16. The van der Waals surface area contributed by atoms with Crippen LogP contribution in [0.4, 0.5) is 5.69 Å². The van der Waals surface area contributed by atoms with Gasteiger partial charge in [-0.05, 0) is 12.1 Å². The average molecular weight is 326 g/mol. The molecule has 1 aromatic heterocycles. The lowest BCUT2D eigenvalue weighted by Crippen LogP contribution is -2.15. The van der Waals surface area contributed by atoms with Gasteiger partial charge in [-0.1, -0.05) is 32.0 Å². The van der Waals surface area contributed by atoms with E-state index in [0.29, 0.717) is 17.2 Å². The van der Waals surface area contributed by atoms with Crippen molar-refractivity contribution in [2.24, 2.45) is 5.10 Å². The maximum atomic E-state index is 12.3. The summed E-state index contributed by atoms with van der Waals surface area (Å²) in [6, 6.07) is 10.3. The van der Waals surface area contributed by atoms with Crippen LogP contribution in [0.3, 0.4) is 0 Å². The van der Waals surface area contributed by atoms with Gasteiger partial charge in [0.05, 0.1) is 12.8 Å². The smallest absolute Gasteiger partial charge is 0.245 e. The number of rotatable bonds is 5. The molecule has 1 N–H and O–H groups in total. The quantitative estimate of drug-likeness (QED) is 0.514. The molecule has 0 bridgehead atoms. The Balaban J connectivity index is 2.19. The van der Waals surface area contributed by atoms with Crippen molar-refractivity contribution in [3.63, 3.8) is 0 Å². The number of benzene rings is 1. The molecule has 7 nitrogen and oxygen atoms in total. The maximum absolute atomic E-state index is 12.3. The molecule has 0 aliphatic carbocycles. The van der Waals surface area contributed by atoms with Crippen LogP contribution >= 0.6 is 0 Å². The second kappa shape index (κ2) is 6.96. The monoisotopic (exact) mass is 326 g/mol. The fraction of sp³-hybridized carbons (Fsp3) is 0.294. The summed E-state index contributed by atoms with van der Waals surface area (Å²) in [5.41, 5.74) is 2.70. The van der Waals surface area contributed by atoms with E-state index in [9.17, 15) is 10.1 Å². The third kappa shape index (κ3) is 3.98. The molecule has 0 radical (unpaired) electrons. The highest BCUT2D eigenvalue weighted by atomic mass is 16.5. The first-order valence-electron chi connectivity index (χ1n) is 7.25. The van der Waals surface area contributed by atoms with E-state index in [1.807, 2.05) is 20.8 Å².